The molecule has 1 heterocycles. The van der Waals surface area contributed by atoms with E-state index in [9.17, 15) is 14.4 Å². The Morgan fingerprint density at radius 1 is 0.857 bits per heavy atom. The van der Waals surface area contributed by atoms with Crippen molar-refractivity contribution in [1.82, 2.24) is 9.80 Å². The lowest BCUT2D eigenvalue weighted by atomic mass is 10.0. The van der Waals surface area contributed by atoms with Gasteiger partial charge in [-0.05, 0) is 48.5 Å². The maximum Gasteiger partial charge on any atom is 0.260 e. The predicted molar refractivity (Wildman–Crippen MR) is 106 cm³/mol. The third-order valence-corrected chi connectivity index (χ3v) is 4.91. The summed E-state index contributed by atoms with van der Waals surface area (Å²) in [6.45, 7) is 3.56. The Hall–Kier alpha value is -2.86. The maximum atomic E-state index is 12.4. The highest BCUT2D eigenvalue weighted by atomic mass is 35.5. The van der Waals surface area contributed by atoms with E-state index in [-0.39, 0.29) is 24.2 Å². The van der Waals surface area contributed by atoms with Gasteiger partial charge in [-0.15, -0.1) is 0 Å². The van der Waals surface area contributed by atoms with Gasteiger partial charge in [0.15, 0.2) is 12.4 Å². The maximum absolute atomic E-state index is 12.4. The molecule has 1 aliphatic rings. The minimum Gasteiger partial charge on any atom is -0.484 e. The molecule has 2 amide bonds. The van der Waals surface area contributed by atoms with Gasteiger partial charge in [0.2, 0.25) is 5.91 Å². The van der Waals surface area contributed by atoms with Crippen LogP contribution in [0.25, 0.3) is 0 Å². The van der Waals surface area contributed by atoms with Crippen molar-refractivity contribution in [2.75, 3.05) is 32.8 Å². The third kappa shape index (κ3) is 4.89. The number of nitrogens with zero attached hydrogens (tertiary/aromatic N) is 2. The Morgan fingerprint density at radius 3 is 1.89 bits per heavy atom. The smallest absolute Gasteiger partial charge is 0.260 e. The van der Waals surface area contributed by atoms with Crippen LogP contribution in [0.5, 0.6) is 5.75 Å². The van der Waals surface area contributed by atoms with Gasteiger partial charge in [0, 0.05) is 49.3 Å². The van der Waals surface area contributed by atoms with Crippen molar-refractivity contribution in [2.24, 2.45) is 0 Å². The number of hydrogen-bond acceptors (Lipinski definition) is 4. The summed E-state index contributed by atoms with van der Waals surface area (Å²) in [6, 6.07) is 13.4. The van der Waals surface area contributed by atoms with Gasteiger partial charge in [0.1, 0.15) is 5.75 Å². The average Bonchev–Trinajstić information content (AvgIpc) is 2.72. The number of amides is 2. The summed E-state index contributed by atoms with van der Waals surface area (Å²) in [5.74, 6) is 0.312. The van der Waals surface area contributed by atoms with E-state index in [2.05, 4.69) is 0 Å². The normalized spacial score (nSPS) is 13.9. The van der Waals surface area contributed by atoms with Crippen LogP contribution < -0.4 is 4.74 Å². The van der Waals surface area contributed by atoms with E-state index >= 15 is 0 Å². The molecule has 0 bridgehead atoms. The molecule has 0 unspecified atom stereocenters. The molecule has 0 radical (unpaired) electrons. The highest BCUT2D eigenvalue weighted by molar-refractivity contribution is 6.30. The summed E-state index contributed by atoms with van der Waals surface area (Å²) >= 11 is 5.84. The quantitative estimate of drug-likeness (QED) is 0.724. The molecular weight excluding hydrogens is 380 g/mol. The number of ketones is 1. The lowest BCUT2D eigenvalue weighted by molar-refractivity contribution is -0.139. The van der Waals surface area contributed by atoms with E-state index in [0.717, 1.165) is 0 Å². The first-order valence-corrected chi connectivity index (χ1v) is 9.38. The first-order valence-electron chi connectivity index (χ1n) is 9.00. The number of piperazine rings is 1. The van der Waals surface area contributed by atoms with Crippen molar-refractivity contribution in [3.05, 3.63) is 64.7 Å². The molecule has 0 aromatic heterocycles. The van der Waals surface area contributed by atoms with Gasteiger partial charge >= 0.3 is 0 Å². The minimum absolute atomic E-state index is 0.0246. The van der Waals surface area contributed by atoms with Gasteiger partial charge in [0.25, 0.3) is 5.91 Å². The molecular formula is C21H21ClN2O4. The SMILES string of the molecule is CC(=O)N1CCN(C(=O)COc2ccc(C(=O)c3ccc(Cl)cc3)cc2)CC1. The zero-order valence-corrected chi connectivity index (χ0v) is 16.3. The molecule has 7 heteroatoms. The van der Waals surface area contributed by atoms with Crippen molar-refractivity contribution >= 4 is 29.2 Å². The fourth-order valence-corrected chi connectivity index (χ4v) is 3.10. The van der Waals surface area contributed by atoms with E-state index in [1.165, 1.54) is 6.92 Å². The van der Waals surface area contributed by atoms with Gasteiger partial charge in [-0.25, -0.2) is 0 Å². The highest BCUT2D eigenvalue weighted by Crippen LogP contribution is 2.17. The highest BCUT2D eigenvalue weighted by Gasteiger charge is 2.22. The molecule has 0 aliphatic carbocycles. The van der Waals surface area contributed by atoms with Gasteiger partial charge < -0.3 is 14.5 Å². The van der Waals surface area contributed by atoms with E-state index < -0.39 is 0 Å². The van der Waals surface area contributed by atoms with Gasteiger partial charge in [-0.2, -0.15) is 0 Å². The fourth-order valence-electron chi connectivity index (χ4n) is 2.98. The molecule has 0 atom stereocenters. The molecule has 3 rings (SSSR count). The second kappa shape index (κ2) is 8.89. The number of hydrogen-bond donors (Lipinski definition) is 0. The minimum atomic E-state index is -0.121. The first-order chi connectivity index (χ1) is 13.4. The van der Waals surface area contributed by atoms with Gasteiger partial charge in [-0.3, -0.25) is 14.4 Å². The molecule has 6 nitrogen and oxygen atoms in total. The van der Waals surface area contributed by atoms with E-state index in [1.807, 2.05) is 0 Å². The third-order valence-electron chi connectivity index (χ3n) is 4.66. The molecule has 146 valence electrons. The summed E-state index contributed by atoms with van der Waals surface area (Å²) in [7, 11) is 0. The van der Waals surface area contributed by atoms with Crippen LogP contribution in [-0.4, -0.2) is 60.2 Å². The molecule has 1 fully saturated rings. The Kier molecular flexibility index (Phi) is 6.31. The summed E-state index contributed by atoms with van der Waals surface area (Å²) < 4.78 is 5.55. The number of benzene rings is 2. The Balaban J connectivity index is 1.52. The van der Waals surface area contributed by atoms with E-state index in [0.29, 0.717) is 48.1 Å². The van der Waals surface area contributed by atoms with Crippen LogP contribution in [0.1, 0.15) is 22.8 Å². The Morgan fingerprint density at radius 2 is 1.36 bits per heavy atom. The van der Waals surface area contributed by atoms with Crippen molar-refractivity contribution in [1.29, 1.82) is 0 Å². The second-order valence-electron chi connectivity index (χ2n) is 6.54. The van der Waals surface area contributed by atoms with Gasteiger partial charge in [0.05, 0.1) is 0 Å². The van der Waals surface area contributed by atoms with E-state index in [4.69, 9.17) is 16.3 Å². The Bertz CT molecular complexity index is 857. The van der Waals surface area contributed by atoms with Crippen LogP contribution in [0.15, 0.2) is 48.5 Å². The molecule has 0 saturated carbocycles. The molecule has 2 aromatic rings. The molecule has 1 saturated heterocycles. The van der Waals surface area contributed by atoms with Crippen molar-refractivity contribution < 1.29 is 19.1 Å². The zero-order valence-electron chi connectivity index (χ0n) is 15.6. The van der Waals surface area contributed by atoms with Crippen LogP contribution >= 0.6 is 11.6 Å². The molecule has 0 N–H and O–H groups in total. The number of halogens is 1. The zero-order chi connectivity index (χ0) is 20.1. The summed E-state index contributed by atoms with van der Waals surface area (Å²) in [4.78, 5) is 39.5. The fraction of sp³-hybridized carbons (Fsp3) is 0.286. The standard InChI is InChI=1S/C21H21ClN2O4/c1-15(25)23-10-12-24(13-11-23)20(26)14-28-19-8-4-17(5-9-19)21(27)16-2-6-18(22)7-3-16/h2-9H,10-14H2,1H3. The average molecular weight is 401 g/mol. The number of carbonyl (C=O) groups excluding carboxylic acids is 3. The van der Waals surface area contributed by atoms with Crippen molar-refractivity contribution in [3.63, 3.8) is 0 Å². The second-order valence-corrected chi connectivity index (χ2v) is 6.97. The summed E-state index contributed by atoms with van der Waals surface area (Å²) in [5, 5.41) is 0.577. The predicted octanol–water partition coefficient (Wildman–Crippen LogP) is 2.64. The van der Waals surface area contributed by atoms with E-state index in [1.54, 1.807) is 58.3 Å². The van der Waals surface area contributed by atoms with Crippen molar-refractivity contribution in [3.8, 4) is 5.75 Å². The monoisotopic (exact) mass is 400 g/mol. The molecule has 2 aromatic carbocycles. The largest absolute Gasteiger partial charge is 0.484 e. The molecule has 28 heavy (non-hydrogen) atoms. The first kappa shape index (κ1) is 19.9. The van der Waals surface area contributed by atoms with Crippen LogP contribution in [-0.2, 0) is 9.59 Å². The number of carbonyl (C=O) groups is 3. The van der Waals surface area contributed by atoms with Crippen LogP contribution in [0.2, 0.25) is 5.02 Å². The number of rotatable bonds is 5. The van der Waals surface area contributed by atoms with Crippen LogP contribution in [0.4, 0.5) is 0 Å². The summed E-state index contributed by atoms with van der Waals surface area (Å²) in [5.41, 5.74) is 1.08. The lowest BCUT2D eigenvalue weighted by Gasteiger charge is -2.34. The van der Waals surface area contributed by atoms with Crippen LogP contribution in [0.3, 0.4) is 0 Å². The lowest BCUT2D eigenvalue weighted by Crippen LogP contribution is -2.51. The molecule has 1 aliphatic heterocycles. The topological polar surface area (TPSA) is 66.9 Å². The van der Waals surface area contributed by atoms with Crippen LogP contribution in [0, 0.1) is 0 Å². The van der Waals surface area contributed by atoms with Gasteiger partial charge in [-0.1, -0.05) is 11.6 Å². The Labute approximate surface area is 168 Å². The summed E-state index contributed by atoms with van der Waals surface area (Å²) in [6.07, 6.45) is 0. The number of ether oxygens (including phenoxy) is 1. The van der Waals surface area contributed by atoms with Crippen molar-refractivity contribution in [2.45, 2.75) is 6.92 Å². The molecule has 0 spiro atoms.